The van der Waals surface area contributed by atoms with Crippen LogP contribution >= 0.6 is 11.6 Å². The molecule has 2 bridgehead atoms. The van der Waals surface area contributed by atoms with E-state index >= 15 is 0 Å². The minimum absolute atomic E-state index is 0.00235. The fourth-order valence-electron chi connectivity index (χ4n) is 5.02. The lowest BCUT2D eigenvalue weighted by molar-refractivity contribution is -0.614. The van der Waals surface area contributed by atoms with Gasteiger partial charge in [0.15, 0.2) is 12.0 Å². The van der Waals surface area contributed by atoms with Gasteiger partial charge in [0, 0.05) is 29.6 Å². The highest BCUT2D eigenvalue weighted by molar-refractivity contribution is 6.31. The summed E-state index contributed by atoms with van der Waals surface area (Å²) in [4.78, 5) is 28.7. The van der Waals surface area contributed by atoms with E-state index in [2.05, 4.69) is 15.0 Å². The van der Waals surface area contributed by atoms with E-state index in [4.69, 9.17) is 11.6 Å². The van der Waals surface area contributed by atoms with Crippen LogP contribution in [0.3, 0.4) is 0 Å². The third-order valence-corrected chi connectivity index (χ3v) is 7.37. The van der Waals surface area contributed by atoms with Gasteiger partial charge in [-0.1, -0.05) is 24.1 Å². The molecule has 42 heavy (non-hydrogen) atoms. The number of allylic oxidation sites excluding steroid dienone is 3. The van der Waals surface area contributed by atoms with Crippen molar-refractivity contribution in [2.75, 3.05) is 12.4 Å². The number of hydrogen-bond acceptors (Lipinski definition) is 6. The summed E-state index contributed by atoms with van der Waals surface area (Å²) in [5, 5.41) is 28.2. The van der Waals surface area contributed by atoms with Crippen LogP contribution < -0.4 is 20.6 Å². The van der Waals surface area contributed by atoms with Gasteiger partial charge in [0.05, 0.1) is 40.2 Å². The lowest BCUT2D eigenvalue weighted by Crippen LogP contribution is -2.36. The number of benzene rings is 2. The summed E-state index contributed by atoms with van der Waals surface area (Å²) in [7, 11) is 1.23. The maximum Gasteiger partial charge on any atom is 0.411 e. The van der Waals surface area contributed by atoms with Gasteiger partial charge in [0.25, 0.3) is 0 Å². The summed E-state index contributed by atoms with van der Waals surface area (Å²) in [6.07, 6.45) is 6.59. The van der Waals surface area contributed by atoms with Crippen molar-refractivity contribution in [3.63, 3.8) is 0 Å². The quantitative estimate of drug-likeness (QED) is 0.254. The van der Waals surface area contributed by atoms with E-state index in [1.807, 2.05) is 0 Å². The Morgan fingerprint density at radius 1 is 1.21 bits per heavy atom. The largest absolute Gasteiger partial charge is 0.618 e. The second-order valence-electron chi connectivity index (χ2n) is 9.72. The van der Waals surface area contributed by atoms with E-state index in [0.717, 1.165) is 23.4 Å². The number of carbonyl (C=O) groups is 2. The van der Waals surface area contributed by atoms with Crippen molar-refractivity contribution in [3.8, 4) is 11.1 Å². The van der Waals surface area contributed by atoms with E-state index in [-0.39, 0.29) is 28.6 Å². The van der Waals surface area contributed by atoms with Gasteiger partial charge in [0.1, 0.15) is 5.82 Å². The lowest BCUT2D eigenvalue weighted by atomic mass is 9.90. The van der Waals surface area contributed by atoms with Gasteiger partial charge >= 0.3 is 6.09 Å². The number of fused-ring (bicyclic) bond motifs is 2. The Morgan fingerprint density at radius 3 is 2.79 bits per heavy atom. The number of amides is 2. The van der Waals surface area contributed by atoms with Crippen molar-refractivity contribution in [3.05, 3.63) is 111 Å². The summed E-state index contributed by atoms with van der Waals surface area (Å²) in [6, 6.07) is 9.86. The lowest BCUT2D eigenvalue weighted by Gasteiger charge is -2.27. The van der Waals surface area contributed by atoms with Crippen molar-refractivity contribution in [2.24, 2.45) is 4.99 Å². The molecule has 1 aromatic heterocycles. The molecule has 1 atom stereocenters. The predicted molar refractivity (Wildman–Crippen MR) is 149 cm³/mol. The van der Waals surface area contributed by atoms with Crippen molar-refractivity contribution in [2.45, 2.75) is 31.6 Å². The highest BCUT2D eigenvalue weighted by Crippen LogP contribution is 2.35. The second kappa shape index (κ2) is 12.1. The number of ether oxygens (including phenoxy) is 1. The number of nitrogens with zero attached hydrogens (tertiary/aromatic N) is 3. The zero-order chi connectivity index (χ0) is 30.0. The molecule has 9 nitrogen and oxygen atoms in total. The fourth-order valence-corrected chi connectivity index (χ4v) is 5.17. The van der Waals surface area contributed by atoms with Gasteiger partial charge < -0.3 is 9.94 Å². The van der Waals surface area contributed by atoms with Gasteiger partial charge in [0.2, 0.25) is 11.6 Å². The molecule has 0 saturated carbocycles. The highest BCUT2D eigenvalue weighted by Gasteiger charge is 2.30. The number of aromatic nitrogens is 1. The average molecular weight is 595 g/mol. The molecule has 2 amide bonds. The molecule has 2 aromatic carbocycles. The summed E-state index contributed by atoms with van der Waals surface area (Å²) >= 11 is 5.84. The zero-order valence-electron chi connectivity index (χ0n) is 22.3. The molecule has 5 rings (SSSR count). The van der Waals surface area contributed by atoms with E-state index in [1.165, 1.54) is 25.4 Å². The molecular formula is C30H25ClF2N4O5. The molecule has 2 aliphatic heterocycles. The zero-order valence-corrected chi connectivity index (χ0v) is 23.1. The highest BCUT2D eigenvalue weighted by atomic mass is 35.5. The molecule has 0 spiro atoms. The standard InChI is InChI=1S/C30H25ClF2N4O5/c1-42-30(39)34-19-7-8-20-17-12-13-36(40)26(14-17)21(4-2-3-5-27(38)35-24(20)15-19)25-11-6-18(16-37(25)41)28-23(32)10-9-22(31)29(28)33/h6-16,21,40H,2-5H2,1H3,(H,34,39)/b20-17-,35-24?. The Labute approximate surface area is 243 Å². The number of methoxy groups -OCH3 is 1. The van der Waals surface area contributed by atoms with Crippen molar-refractivity contribution >= 4 is 34.9 Å². The van der Waals surface area contributed by atoms with E-state index in [1.54, 1.807) is 30.4 Å². The summed E-state index contributed by atoms with van der Waals surface area (Å²) in [6.45, 7) is 0. The Hall–Kier alpha value is -4.61. The summed E-state index contributed by atoms with van der Waals surface area (Å²) in [5.74, 6) is -2.85. The number of hydrogen-bond donors (Lipinski definition) is 2. The van der Waals surface area contributed by atoms with Gasteiger partial charge in [-0.25, -0.2) is 23.6 Å². The van der Waals surface area contributed by atoms with Crippen LogP contribution in [-0.4, -0.2) is 29.4 Å². The Kier molecular flexibility index (Phi) is 8.32. The summed E-state index contributed by atoms with van der Waals surface area (Å²) < 4.78 is 34.3. The molecule has 1 unspecified atom stereocenters. The van der Waals surface area contributed by atoms with Gasteiger partial charge in [-0.15, -0.1) is 0 Å². The van der Waals surface area contributed by atoms with Gasteiger partial charge in [-0.2, -0.15) is 4.73 Å². The normalized spacial score (nSPS) is 18.2. The number of pyridine rings is 1. The third-order valence-electron chi connectivity index (χ3n) is 7.07. The van der Waals surface area contributed by atoms with E-state index < -0.39 is 29.2 Å². The molecule has 3 aromatic rings. The Bertz CT molecular complexity index is 1780. The van der Waals surface area contributed by atoms with Crippen LogP contribution in [0.5, 0.6) is 0 Å². The van der Waals surface area contributed by atoms with Gasteiger partial charge in [-0.05, 0) is 60.9 Å². The van der Waals surface area contributed by atoms with Crippen LogP contribution in [-0.2, 0) is 9.53 Å². The third kappa shape index (κ3) is 5.88. The molecule has 216 valence electrons. The Morgan fingerprint density at radius 2 is 2.02 bits per heavy atom. The topological polar surface area (TPSA) is 118 Å². The predicted octanol–water partition coefficient (Wildman–Crippen LogP) is 4.85. The van der Waals surface area contributed by atoms with E-state index in [9.17, 15) is 28.8 Å². The van der Waals surface area contributed by atoms with Crippen LogP contribution in [0.2, 0.25) is 5.02 Å². The van der Waals surface area contributed by atoms with Crippen LogP contribution in [0, 0.1) is 16.8 Å². The molecule has 0 saturated heterocycles. The first-order valence-electron chi connectivity index (χ1n) is 13.0. The molecule has 12 heteroatoms. The van der Waals surface area contributed by atoms with Crippen LogP contribution in [0.25, 0.3) is 16.7 Å². The van der Waals surface area contributed by atoms with Crippen LogP contribution in [0.4, 0.5) is 19.3 Å². The Balaban J connectivity index is 1.64. The molecule has 2 aliphatic rings. The average Bonchev–Trinajstić information content (AvgIpc) is 2.96. The fraction of sp³-hybridized carbons (Fsp3) is 0.200. The minimum Gasteiger partial charge on any atom is -0.618 e. The van der Waals surface area contributed by atoms with Crippen LogP contribution in [0.1, 0.15) is 37.3 Å². The molecule has 0 aliphatic carbocycles. The molecule has 3 heterocycles. The number of rotatable bonds is 3. The van der Waals surface area contributed by atoms with Crippen LogP contribution in [0.15, 0.2) is 77.7 Å². The smallest absolute Gasteiger partial charge is 0.411 e. The van der Waals surface area contributed by atoms with Gasteiger partial charge in [-0.3, -0.25) is 15.3 Å². The SMILES string of the molecule is COC(=O)Nc1cc/c2c(c1)=NC(=O)CCCCC(c1ccc(-c3c(F)ccc(Cl)c3F)c[n+]1[O-])C1=C\C=2C=CN1O. The number of carbonyl (C=O) groups excluding carboxylic acids is 2. The molecule has 0 radical (unpaired) electrons. The maximum atomic E-state index is 14.7. The summed E-state index contributed by atoms with van der Waals surface area (Å²) in [5.41, 5.74) is 1.15. The number of hydroxylamine groups is 2. The maximum absolute atomic E-state index is 14.7. The number of anilines is 1. The molecule has 2 N–H and O–H groups in total. The van der Waals surface area contributed by atoms with Crippen molar-refractivity contribution in [1.29, 1.82) is 0 Å². The monoisotopic (exact) mass is 594 g/mol. The first-order valence-corrected chi connectivity index (χ1v) is 13.4. The number of nitrogens with one attached hydrogen (secondary N) is 1. The molecule has 0 fully saturated rings. The number of halogens is 3. The molecular weight excluding hydrogens is 570 g/mol. The van der Waals surface area contributed by atoms with E-state index in [0.29, 0.717) is 51.5 Å². The minimum atomic E-state index is -0.977. The first kappa shape index (κ1) is 28.9. The second-order valence-corrected chi connectivity index (χ2v) is 10.1. The first-order chi connectivity index (χ1) is 20.2. The van der Waals surface area contributed by atoms with Crippen molar-refractivity contribution < 1.29 is 33.0 Å². The van der Waals surface area contributed by atoms with Crippen molar-refractivity contribution in [1.82, 2.24) is 5.06 Å².